The summed E-state index contributed by atoms with van der Waals surface area (Å²) in [4.78, 5) is 41.3. The number of fused-ring (bicyclic) bond motifs is 1. The van der Waals surface area contributed by atoms with Crippen molar-refractivity contribution >= 4 is 23.6 Å². The fraction of sp³-hybridized carbons (Fsp3) is 0.300. The molecule has 8 nitrogen and oxygen atoms in total. The van der Waals surface area contributed by atoms with Crippen molar-refractivity contribution in [3.63, 3.8) is 0 Å². The molecule has 1 aromatic heterocycles. The number of hydrogen-bond acceptors (Lipinski definition) is 5. The molecule has 1 aromatic carbocycles. The molecule has 2 amide bonds. The van der Waals surface area contributed by atoms with E-state index in [9.17, 15) is 14.4 Å². The van der Waals surface area contributed by atoms with Gasteiger partial charge in [0.2, 0.25) is 5.91 Å². The number of nitrogens with two attached hydrogens (primary N) is 1. The second kappa shape index (κ2) is 7.67. The van der Waals surface area contributed by atoms with E-state index in [0.29, 0.717) is 5.56 Å². The number of nitrogens with zero attached hydrogens (tertiary/aromatic N) is 2. The summed E-state index contributed by atoms with van der Waals surface area (Å²) in [7, 11) is 1.80. The molecule has 0 spiro atoms. The molecular formula is C20H22N4O4. The molecule has 1 aliphatic heterocycles. The third-order valence-electron chi connectivity index (χ3n) is 4.80. The zero-order valence-electron chi connectivity index (χ0n) is 15.7. The predicted octanol–water partition coefficient (Wildman–Crippen LogP) is 1.77. The van der Waals surface area contributed by atoms with Crippen LogP contribution in [0, 0.1) is 6.92 Å². The first-order valence-corrected chi connectivity index (χ1v) is 8.92. The number of carbonyl (C=O) groups is 3. The Morgan fingerprint density at radius 1 is 1.32 bits per heavy atom. The first kappa shape index (κ1) is 19.3. The van der Waals surface area contributed by atoms with Crippen LogP contribution in [0.2, 0.25) is 0 Å². The lowest BCUT2D eigenvalue weighted by Gasteiger charge is -2.24. The molecule has 0 unspecified atom stereocenters. The maximum Gasteiger partial charge on any atom is 0.303 e. The van der Waals surface area contributed by atoms with Gasteiger partial charge in [0.05, 0.1) is 5.69 Å². The van der Waals surface area contributed by atoms with Crippen LogP contribution >= 0.6 is 0 Å². The SMILES string of the molecule is CNc1cc(C)cc(-c2ccc3c(c2)CN([C@@H](CCC(=O)O)C(N)=O)C3=O)n1. The highest BCUT2D eigenvalue weighted by molar-refractivity contribution is 6.01. The Morgan fingerprint density at radius 2 is 2.07 bits per heavy atom. The Bertz CT molecular complexity index is 957. The second-order valence-corrected chi connectivity index (χ2v) is 6.82. The lowest BCUT2D eigenvalue weighted by atomic mass is 10.0. The number of nitrogens with one attached hydrogen (secondary N) is 1. The average molecular weight is 382 g/mol. The van der Waals surface area contributed by atoms with Crippen LogP contribution in [0.25, 0.3) is 11.3 Å². The van der Waals surface area contributed by atoms with Crippen LogP contribution in [0.15, 0.2) is 30.3 Å². The summed E-state index contributed by atoms with van der Waals surface area (Å²) in [5, 5.41) is 11.9. The van der Waals surface area contributed by atoms with Crippen molar-refractivity contribution in [3.8, 4) is 11.3 Å². The van der Waals surface area contributed by atoms with Gasteiger partial charge in [-0.25, -0.2) is 4.98 Å². The molecule has 146 valence electrons. The number of carboxylic acid groups (broad SMARTS) is 1. The van der Waals surface area contributed by atoms with Crippen LogP contribution in [0.4, 0.5) is 5.82 Å². The number of hydrogen-bond donors (Lipinski definition) is 3. The number of amides is 2. The summed E-state index contributed by atoms with van der Waals surface area (Å²) < 4.78 is 0. The summed E-state index contributed by atoms with van der Waals surface area (Å²) in [5.74, 6) is -1.32. The molecule has 0 fully saturated rings. The molecule has 8 heteroatoms. The molecule has 2 aromatic rings. The summed E-state index contributed by atoms with van der Waals surface area (Å²) in [6.45, 7) is 2.19. The standard InChI is InChI=1S/C20H22N4O4/c1-11-7-15(23-17(8-11)22-2)12-3-4-14-13(9-12)10-24(20(14)28)16(19(21)27)5-6-18(25)26/h3-4,7-9,16H,5-6,10H2,1-2H3,(H2,21,27)(H,22,23)(H,25,26)/t16-/m0/s1. The maximum absolute atomic E-state index is 12.7. The van der Waals surface area contributed by atoms with Gasteiger partial charge < -0.3 is 21.1 Å². The van der Waals surface area contributed by atoms with Crippen molar-refractivity contribution in [2.45, 2.75) is 32.4 Å². The van der Waals surface area contributed by atoms with Gasteiger partial charge in [-0.05, 0) is 48.7 Å². The number of rotatable bonds is 7. The number of carbonyl (C=O) groups excluding carboxylic acids is 2. The van der Waals surface area contributed by atoms with E-state index < -0.39 is 17.9 Å². The Balaban J connectivity index is 1.90. The summed E-state index contributed by atoms with van der Waals surface area (Å²) in [6, 6.07) is 8.35. The topological polar surface area (TPSA) is 126 Å². The lowest BCUT2D eigenvalue weighted by Crippen LogP contribution is -2.45. The van der Waals surface area contributed by atoms with Gasteiger partial charge in [-0.2, -0.15) is 0 Å². The number of aryl methyl sites for hydroxylation is 1. The number of aliphatic carboxylic acids is 1. The molecule has 0 saturated carbocycles. The monoisotopic (exact) mass is 382 g/mol. The zero-order chi connectivity index (χ0) is 20.4. The number of aromatic nitrogens is 1. The quantitative estimate of drug-likeness (QED) is 0.670. The fourth-order valence-electron chi connectivity index (χ4n) is 3.41. The fourth-order valence-corrected chi connectivity index (χ4v) is 3.41. The summed E-state index contributed by atoms with van der Waals surface area (Å²) in [6.07, 6.45) is -0.249. The predicted molar refractivity (Wildman–Crippen MR) is 104 cm³/mol. The minimum Gasteiger partial charge on any atom is -0.481 e. The maximum atomic E-state index is 12.7. The van der Waals surface area contributed by atoms with Crippen molar-refractivity contribution < 1.29 is 19.5 Å². The van der Waals surface area contributed by atoms with Crippen molar-refractivity contribution in [2.75, 3.05) is 12.4 Å². The first-order chi connectivity index (χ1) is 13.3. The van der Waals surface area contributed by atoms with Crippen LogP contribution in [-0.4, -0.2) is 45.9 Å². The lowest BCUT2D eigenvalue weighted by molar-refractivity contribution is -0.137. The Kier molecular flexibility index (Phi) is 5.30. The molecule has 0 aliphatic carbocycles. The van der Waals surface area contributed by atoms with Crippen LogP contribution in [-0.2, 0) is 16.1 Å². The Morgan fingerprint density at radius 3 is 2.71 bits per heavy atom. The number of anilines is 1. The van der Waals surface area contributed by atoms with Gasteiger partial charge in [-0.1, -0.05) is 6.07 Å². The van der Waals surface area contributed by atoms with Crippen molar-refractivity contribution in [3.05, 3.63) is 47.0 Å². The highest BCUT2D eigenvalue weighted by Gasteiger charge is 2.35. The molecule has 0 radical (unpaired) electrons. The Labute approximate surface area is 162 Å². The largest absolute Gasteiger partial charge is 0.481 e. The van der Waals surface area contributed by atoms with Crippen LogP contribution < -0.4 is 11.1 Å². The molecular weight excluding hydrogens is 360 g/mol. The van der Waals surface area contributed by atoms with Gasteiger partial charge in [0.15, 0.2) is 0 Å². The summed E-state index contributed by atoms with van der Waals surface area (Å²) >= 11 is 0. The molecule has 1 aliphatic rings. The minimum atomic E-state index is -1.04. The van der Waals surface area contributed by atoms with Crippen molar-refractivity contribution in [1.82, 2.24) is 9.88 Å². The number of primary amides is 1. The van der Waals surface area contributed by atoms with Gasteiger partial charge >= 0.3 is 5.97 Å². The van der Waals surface area contributed by atoms with Gasteiger partial charge in [0.1, 0.15) is 11.9 Å². The first-order valence-electron chi connectivity index (χ1n) is 8.92. The van der Waals surface area contributed by atoms with E-state index in [4.69, 9.17) is 10.8 Å². The van der Waals surface area contributed by atoms with E-state index in [0.717, 1.165) is 28.2 Å². The smallest absolute Gasteiger partial charge is 0.303 e. The number of carboxylic acids is 1. The van der Waals surface area contributed by atoms with Crippen LogP contribution in [0.1, 0.15) is 34.3 Å². The number of benzene rings is 1. The molecule has 1 atom stereocenters. The van der Waals surface area contributed by atoms with E-state index in [2.05, 4.69) is 10.3 Å². The minimum absolute atomic E-state index is 0.0117. The highest BCUT2D eigenvalue weighted by atomic mass is 16.4. The normalized spacial score (nSPS) is 13.9. The van der Waals surface area contributed by atoms with Crippen molar-refractivity contribution in [1.29, 1.82) is 0 Å². The molecule has 4 N–H and O–H groups in total. The van der Waals surface area contributed by atoms with E-state index >= 15 is 0 Å². The van der Waals surface area contributed by atoms with Gasteiger partial charge in [-0.15, -0.1) is 0 Å². The zero-order valence-corrected chi connectivity index (χ0v) is 15.7. The van der Waals surface area contributed by atoms with Crippen LogP contribution in [0.5, 0.6) is 0 Å². The molecule has 0 saturated heterocycles. The van der Waals surface area contributed by atoms with Crippen molar-refractivity contribution in [2.24, 2.45) is 5.73 Å². The van der Waals surface area contributed by atoms with E-state index in [1.807, 2.05) is 31.2 Å². The average Bonchev–Trinajstić information content (AvgIpc) is 2.96. The second-order valence-electron chi connectivity index (χ2n) is 6.82. The van der Waals surface area contributed by atoms with Gasteiger partial charge in [0.25, 0.3) is 5.91 Å². The summed E-state index contributed by atoms with van der Waals surface area (Å²) in [5.41, 5.74) is 9.36. The molecule has 3 rings (SSSR count). The molecule has 28 heavy (non-hydrogen) atoms. The van der Waals surface area contributed by atoms with E-state index in [1.54, 1.807) is 13.1 Å². The number of pyridine rings is 1. The third kappa shape index (κ3) is 3.80. The third-order valence-corrected chi connectivity index (χ3v) is 4.80. The van der Waals surface area contributed by atoms with E-state index in [1.165, 1.54) is 4.90 Å². The van der Waals surface area contributed by atoms with Gasteiger partial charge in [0, 0.05) is 31.1 Å². The van der Waals surface area contributed by atoms with Crippen LogP contribution in [0.3, 0.4) is 0 Å². The molecule has 0 bridgehead atoms. The Hall–Kier alpha value is -3.42. The van der Waals surface area contributed by atoms with Gasteiger partial charge in [-0.3, -0.25) is 14.4 Å². The molecule has 2 heterocycles. The van der Waals surface area contributed by atoms with E-state index in [-0.39, 0.29) is 25.3 Å². The highest BCUT2D eigenvalue weighted by Crippen LogP contribution is 2.30.